The first-order valence-corrected chi connectivity index (χ1v) is 11.0. The van der Waals surface area contributed by atoms with Crippen LogP contribution in [0.4, 0.5) is 24.8 Å². The third-order valence-corrected chi connectivity index (χ3v) is 4.86. The van der Waals surface area contributed by atoms with Crippen LogP contribution < -0.4 is 10.1 Å². The van der Waals surface area contributed by atoms with E-state index in [4.69, 9.17) is 16.3 Å². The van der Waals surface area contributed by atoms with Gasteiger partial charge in [-0.1, -0.05) is 25.4 Å². The minimum atomic E-state index is -4.86. The van der Waals surface area contributed by atoms with Crippen LogP contribution in [0, 0.1) is 5.92 Å². The van der Waals surface area contributed by atoms with Gasteiger partial charge in [0.25, 0.3) is 0 Å². The molecule has 0 amide bonds. The number of carbonyl (C=O) groups excluding carboxylic acids is 1. The summed E-state index contributed by atoms with van der Waals surface area (Å²) in [7, 11) is 0. The number of nitrogens with one attached hydrogen (secondary N) is 1. The van der Waals surface area contributed by atoms with E-state index in [0.717, 1.165) is 23.7 Å². The quantitative estimate of drug-likeness (QED) is 0.400. The van der Waals surface area contributed by atoms with E-state index in [2.05, 4.69) is 20.0 Å². The highest BCUT2D eigenvalue weighted by Gasteiger charge is 2.32. The topological polar surface area (TPSA) is 73.3 Å². The van der Waals surface area contributed by atoms with Crippen molar-refractivity contribution in [2.24, 2.45) is 5.92 Å². The van der Waals surface area contributed by atoms with Gasteiger partial charge in [-0.2, -0.15) is 0 Å². The monoisotopic (exact) mass is 487 g/mol. The van der Waals surface area contributed by atoms with Crippen molar-refractivity contribution < 1.29 is 27.4 Å². The molecular formula is C23H29ClF3N3O3. The van der Waals surface area contributed by atoms with Gasteiger partial charge in [0.15, 0.2) is 0 Å². The van der Waals surface area contributed by atoms with Gasteiger partial charge in [-0.05, 0) is 63.6 Å². The molecule has 1 unspecified atom stereocenters. The summed E-state index contributed by atoms with van der Waals surface area (Å²) in [5.41, 5.74) is 1.55. The third kappa shape index (κ3) is 9.45. The number of aromatic nitrogens is 2. The molecule has 0 fully saturated rings. The first kappa shape index (κ1) is 26.7. The highest BCUT2D eigenvalue weighted by molar-refractivity contribution is 6.32. The van der Waals surface area contributed by atoms with Crippen LogP contribution in [0.2, 0.25) is 5.02 Å². The molecule has 1 aromatic heterocycles. The van der Waals surface area contributed by atoms with Gasteiger partial charge < -0.3 is 14.8 Å². The minimum Gasteiger partial charge on any atom is -0.460 e. The SMILES string of the molecule is CCc1cnc(Nc2ccc(Cl)c(OC(F)(F)F)c2)nc1CC(C)CCC(=O)OC(C)(C)C. The van der Waals surface area contributed by atoms with Gasteiger partial charge in [-0.3, -0.25) is 4.79 Å². The maximum atomic E-state index is 12.6. The Bertz CT molecular complexity index is 962. The van der Waals surface area contributed by atoms with Crippen LogP contribution in [0.15, 0.2) is 24.4 Å². The number of rotatable bonds is 9. The molecule has 0 spiro atoms. The summed E-state index contributed by atoms with van der Waals surface area (Å²) in [4.78, 5) is 20.8. The number of nitrogens with zero attached hydrogens (tertiary/aromatic N) is 2. The van der Waals surface area contributed by atoms with E-state index >= 15 is 0 Å². The van der Waals surface area contributed by atoms with E-state index in [0.29, 0.717) is 24.9 Å². The average molecular weight is 488 g/mol. The zero-order valence-electron chi connectivity index (χ0n) is 19.3. The standard InChI is InChI=1S/C23H29ClF3N3O3/c1-6-15-13-28-21(29-16-8-9-17(24)19(12-16)32-23(25,26)27)30-18(15)11-14(2)7-10-20(31)33-22(3,4)5/h8-9,12-14H,6-7,10-11H2,1-5H3,(H,28,29,30). The van der Waals surface area contributed by atoms with Gasteiger partial charge in [0.1, 0.15) is 11.4 Å². The summed E-state index contributed by atoms with van der Waals surface area (Å²) in [6.07, 6.45) is -0.882. The van der Waals surface area contributed by atoms with Gasteiger partial charge in [0.05, 0.1) is 5.02 Å². The second-order valence-corrected chi connectivity index (χ2v) is 9.18. The average Bonchev–Trinajstić information content (AvgIpc) is 2.67. The fourth-order valence-corrected chi connectivity index (χ4v) is 3.23. The molecule has 0 aliphatic rings. The lowest BCUT2D eigenvalue weighted by molar-refractivity contribution is -0.274. The van der Waals surface area contributed by atoms with Crippen molar-refractivity contribution in [1.29, 1.82) is 0 Å². The summed E-state index contributed by atoms with van der Waals surface area (Å²) in [6, 6.07) is 3.94. The summed E-state index contributed by atoms with van der Waals surface area (Å²) < 4.78 is 47.0. The minimum absolute atomic E-state index is 0.160. The van der Waals surface area contributed by atoms with E-state index in [-0.39, 0.29) is 22.9 Å². The molecule has 1 atom stereocenters. The number of anilines is 2. The van der Waals surface area contributed by atoms with Crippen molar-refractivity contribution in [2.45, 2.75) is 72.3 Å². The molecule has 6 nitrogen and oxygen atoms in total. The maximum absolute atomic E-state index is 12.6. The van der Waals surface area contributed by atoms with Crippen molar-refractivity contribution >= 4 is 29.2 Å². The molecule has 1 aromatic carbocycles. The van der Waals surface area contributed by atoms with Gasteiger partial charge in [-0.25, -0.2) is 9.97 Å². The second-order valence-electron chi connectivity index (χ2n) is 8.77. The van der Waals surface area contributed by atoms with Crippen LogP contribution in [0.1, 0.15) is 58.7 Å². The van der Waals surface area contributed by atoms with Gasteiger partial charge in [-0.15, -0.1) is 13.2 Å². The zero-order chi connectivity index (χ0) is 24.8. The van der Waals surface area contributed by atoms with Gasteiger partial charge >= 0.3 is 12.3 Å². The molecule has 2 rings (SSSR count). The Morgan fingerprint density at radius 3 is 2.55 bits per heavy atom. The zero-order valence-corrected chi connectivity index (χ0v) is 20.1. The number of hydrogen-bond donors (Lipinski definition) is 1. The van der Waals surface area contributed by atoms with Crippen molar-refractivity contribution in [3.8, 4) is 5.75 Å². The van der Waals surface area contributed by atoms with Crippen LogP contribution in [-0.2, 0) is 22.4 Å². The van der Waals surface area contributed by atoms with E-state index in [9.17, 15) is 18.0 Å². The van der Waals surface area contributed by atoms with Crippen molar-refractivity contribution in [1.82, 2.24) is 9.97 Å². The highest BCUT2D eigenvalue weighted by atomic mass is 35.5. The predicted molar refractivity (Wildman–Crippen MR) is 121 cm³/mol. The lowest BCUT2D eigenvalue weighted by atomic mass is 9.97. The molecule has 1 N–H and O–H groups in total. The second kappa shape index (κ2) is 11.0. The molecule has 0 aliphatic carbocycles. The Morgan fingerprint density at radius 2 is 1.94 bits per heavy atom. The lowest BCUT2D eigenvalue weighted by Gasteiger charge is -2.20. The fourth-order valence-electron chi connectivity index (χ4n) is 3.08. The number of benzene rings is 1. The van der Waals surface area contributed by atoms with Crippen LogP contribution in [-0.4, -0.2) is 27.9 Å². The lowest BCUT2D eigenvalue weighted by Crippen LogP contribution is -2.24. The summed E-state index contributed by atoms with van der Waals surface area (Å²) in [5.74, 6) is -0.361. The third-order valence-electron chi connectivity index (χ3n) is 4.55. The number of halogens is 4. The molecule has 2 aromatic rings. The van der Waals surface area contributed by atoms with E-state index in [1.54, 1.807) is 6.20 Å². The Labute approximate surface area is 196 Å². The summed E-state index contributed by atoms with van der Waals surface area (Å²) in [5, 5.41) is 2.73. The molecular weight excluding hydrogens is 459 g/mol. The number of esters is 1. The van der Waals surface area contributed by atoms with Crippen LogP contribution in [0.5, 0.6) is 5.75 Å². The number of alkyl halides is 3. The van der Waals surface area contributed by atoms with E-state index in [1.165, 1.54) is 12.1 Å². The smallest absolute Gasteiger partial charge is 0.460 e. The summed E-state index contributed by atoms with van der Waals surface area (Å²) >= 11 is 5.80. The first-order chi connectivity index (χ1) is 15.3. The van der Waals surface area contributed by atoms with Crippen molar-refractivity contribution in [2.75, 3.05) is 5.32 Å². The Hall–Kier alpha value is -2.55. The number of aryl methyl sites for hydroxylation is 1. The maximum Gasteiger partial charge on any atom is 0.573 e. The van der Waals surface area contributed by atoms with Crippen LogP contribution in [0.25, 0.3) is 0 Å². The number of carbonyl (C=O) groups is 1. The molecule has 33 heavy (non-hydrogen) atoms. The molecule has 0 radical (unpaired) electrons. The van der Waals surface area contributed by atoms with Crippen LogP contribution in [0.3, 0.4) is 0 Å². The molecule has 0 saturated carbocycles. The molecule has 1 heterocycles. The summed E-state index contributed by atoms with van der Waals surface area (Å²) in [6.45, 7) is 9.50. The predicted octanol–water partition coefficient (Wildman–Crippen LogP) is 6.64. The molecule has 10 heteroatoms. The first-order valence-electron chi connectivity index (χ1n) is 10.6. The van der Waals surface area contributed by atoms with Crippen molar-refractivity contribution in [3.63, 3.8) is 0 Å². The molecule has 182 valence electrons. The highest BCUT2D eigenvalue weighted by Crippen LogP contribution is 2.33. The number of ether oxygens (including phenoxy) is 2. The Kier molecular flexibility index (Phi) is 8.94. The fraction of sp³-hybridized carbons (Fsp3) is 0.522. The normalized spacial score (nSPS) is 12.9. The molecule has 0 saturated heterocycles. The Balaban J connectivity index is 2.10. The van der Waals surface area contributed by atoms with Gasteiger partial charge in [0, 0.05) is 30.1 Å². The van der Waals surface area contributed by atoms with Gasteiger partial charge in [0.2, 0.25) is 5.95 Å². The van der Waals surface area contributed by atoms with E-state index in [1.807, 2.05) is 34.6 Å². The van der Waals surface area contributed by atoms with Crippen molar-refractivity contribution in [3.05, 3.63) is 40.7 Å². The largest absolute Gasteiger partial charge is 0.573 e. The Morgan fingerprint density at radius 1 is 1.24 bits per heavy atom. The van der Waals surface area contributed by atoms with Crippen LogP contribution >= 0.6 is 11.6 Å². The van der Waals surface area contributed by atoms with E-state index < -0.39 is 17.7 Å². The number of hydrogen-bond acceptors (Lipinski definition) is 6. The molecule has 0 bridgehead atoms. The molecule has 0 aliphatic heterocycles.